The number of ether oxygens (including phenoxy) is 1. The predicted octanol–water partition coefficient (Wildman–Crippen LogP) is 4.34. The topological polar surface area (TPSA) is 32.8 Å². The fourth-order valence-corrected chi connectivity index (χ4v) is 7.98. The molecule has 1 saturated heterocycles. The number of benzene rings is 1. The van der Waals surface area contributed by atoms with Crippen molar-refractivity contribution in [1.29, 1.82) is 0 Å². The smallest absolute Gasteiger partial charge is 0.228 e. The van der Waals surface area contributed by atoms with Crippen LogP contribution in [0.25, 0.3) is 0 Å². The molecular weight excluding hydrogens is 348 g/mol. The Labute approximate surface area is 169 Å². The Balaban J connectivity index is 1.28. The van der Waals surface area contributed by atoms with E-state index in [1.54, 1.807) is 7.11 Å². The molecule has 4 saturated carbocycles. The van der Waals surface area contributed by atoms with Crippen molar-refractivity contribution >= 4 is 11.6 Å². The number of nitrogens with zero attached hydrogens (tertiary/aromatic N) is 2. The predicted molar refractivity (Wildman–Crippen MR) is 112 cm³/mol. The van der Waals surface area contributed by atoms with Crippen LogP contribution in [0.3, 0.4) is 0 Å². The maximum atomic E-state index is 13.8. The average Bonchev–Trinajstić information content (AvgIpc) is 2.65. The zero-order chi connectivity index (χ0) is 19.6. The highest BCUT2D eigenvalue weighted by atomic mass is 16.5. The minimum Gasteiger partial charge on any atom is -0.497 e. The first-order chi connectivity index (χ1) is 13.3. The van der Waals surface area contributed by atoms with Gasteiger partial charge in [-0.05, 0) is 79.5 Å². The van der Waals surface area contributed by atoms with Gasteiger partial charge in [-0.25, -0.2) is 0 Å². The number of hydrogen-bond acceptors (Lipinski definition) is 3. The molecule has 4 atom stereocenters. The molecule has 152 valence electrons. The normalized spacial score (nSPS) is 39.3. The van der Waals surface area contributed by atoms with E-state index in [1.165, 1.54) is 24.9 Å². The summed E-state index contributed by atoms with van der Waals surface area (Å²) in [6.45, 7) is 8.46. The third kappa shape index (κ3) is 2.91. The second kappa shape index (κ2) is 6.14. The van der Waals surface area contributed by atoms with E-state index >= 15 is 0 Å². The Hall–Kier alpha value is -1.71. The zero-order valence-electron chi connectivity index (χ0n) is 17.7. The molecule has 2 unspecified atom stereocenters. The van der Waals surface area contributed by atoms with E-state index in [0.717, 1.165) is 57.1 Å². The van der Waals surface area contributed by atoms with Gasteiger partial charge in [0.05, 0.1) is 12.5 Å². The molecule has 1 aromatic rings. The third-order valence-electron chi connectivity index (χ3n) is 8.08. The van der Waals surface area contributed by atoms with Gasteiger partial charge in [-0.1, -0.05) is 13.8 Å². The Morgan fingerprint density at radius 2 is 1.54 bits per heavy atom. The van der Waals surface area contributed by atoms with E-state index < -0.39 is 0 Å². The van der Waals surface area contributed by atoms with Gasteiger partial charge in [-0.2, -0.15) is 0 Å². The lowest BCUT2D eigenvalue weighted by Gasteiger charge is -2.65. The fraction of sp³-hybridized carbons (Fsp3) is 0.708. The van der Waals surface area contributed by atoms with Crippen LogP contribution in [-0.2, 0) is 4.79 Å². The van der Waals surface area contributed by atoms with Crippen molar-refractivity contribution in [2.45, 2.75) is 52.4 Å². The molecule has 0 spiro atoms. The molecular formula is C24H34N2O2. The van der Waals surface area contributed by atoms with Gasteiger partial charge in [0.1, 0.15) is 5.75 Å². The van der Waals surface area contributed by atoms with E-state index in [2.05, 4.69) is 35.8 Å². The van der Waals surface area contributed by atoms with Crippen LogP contribution in [0.5, 0.6) is 5.75 Å². The SMILES string of the molecule is COc1ccc(N2CCN(C(=O)C34CC5C[C@@](C)(C3)C[C@](C)(C5)C4)CC2)cc1. The number of methoxy groups -OCH3 is 1. The molecule has 4 nitrogen and oxygen atoms in total. The molecule has 1 aromatic carbocycles. The Kier molecular flexibility index (Phi) is 4.02. The first-order valence-corrected chi connectivity index (χ1v) is 11.0. The lowest BCUT2D eigenvalue weighted by Crippen LogP contribution is -2.62. The fourth-order valence-electron chi connectivity index (χ4n) is 7.98. The van der Waals surface area contributed by atoms with Crippen LogP contribution in [0, 0.1) is 22.2 Å². The molecule has 28 heavy (non-hydrogen) atoms. The summed E-state index contributed by atoms with van der Waals surface area (Å²) in [6.07, 6.45) is 7.44. The van der Waals surface area contributed by atoms with Gasteiger partial charge in [0.15, 0.2) is 0 Å². The number of anilines is 1. The number of carbonyl (C=O) groups is 1. The van der Waals surface area contributed by atoms with Gasteiger partial charge in [-0.15, -0.1) is 0 Å². The molecule has 0 radical (unpaired) electrons. The van der Waals surface area contributed by atoms with Crippen molar-refractivity contribution in [3.05, 3.63) is 24.3 Å². The second-order valence-electron chi connectivity index (χ2n) is 10.9. The van der Waals surface area contributed by atoms with E-state index in [1.807, 2.05) is 12.1 Å². The molecule has 4 heteroatoms. The largest absolute Gasteiger partial charge is 0.497 e. The monoisotopic (exact) mass is 382 g/mol. The minimum atomic E-state index is -0.0643. The third-order valence-corrected chi connectivity index (χ3v) is 8.08. The standard InChI is InChI=1S/C24H34N2O2/c1-22-12-18-13-23(2,15-22)17-24(14-18,16-22)21(27)26-10-8-25(9-11-26)19-4-6-20(28-3)7-5-19/h4-7,18H,8-17H2,1-3H3/t18?,22-,23+,24?. The minimum absolute atomic E-state index is 0.0643. The van der Waals surface area contributed by atoms with E-state index in [9.17, 15) is 4.79 Å². The van der Waals surface area contributed by atoms with Crippen molar-refractivity contribution in [2.75, 3.05) is 38.2 Å². The van der Waals surface area contributed by atoms with Crippen LogP contribution in [0.2, 0.25) is 0 Å². The number of carbonyl (C=O) groups excluding carboxylic acids is 1. The molecule has 0 N–H and O–H groups in total. The molecule has 6 rings (SSSR count). The number of piperazine rings is 1. The quantitative estimate of drug-likeness (QED) is 0.780. The van der Waals surface area contributed by atoms with Gasteiger partial charge >= 0.3 is 0 Å². The number of amides is 1. The van der Waals surface area contributed by atoms with Crippen LogP contribution in [0.4, 0.5) is 5.69 Å². The Morgan fingerprint density at radius 1 is 0.929 bits per heavy atom. The number of rotatable bonds is 3. The van der Waals surface area contributed by atoms with Crippen LogP contribution in [-0.4, -0.2) is 44.1 Å². The summed E-state index contributed by atoms with van der Waals surface area (Å²) >= 11 is 0. The van der Waals surface area contributed by atoms with E-state index in [0.29, 0.717) is 16.7 Å². The average molecular weight is 383 g/mol. The van der Waals surface area contributed by atoms with Gasteiger partial charge in [-0.3, -0.25) is 4.79 Å². The molecule has 1 aliphatic heterocycles. The highest BCUT2D eigenvalue weighted by Crippen LogP contribution is 2.69. The van der Waals surface area contributed by atoms with E-state index in [-0.39, 0.29) is 5.41 Å². The van der Waals surface area contributed by atoms with Gasteiger partial charge in [0.25, 0.3) is 0 Å². The lowest BCUT2D eigenvalue weighted by atomic mass is 9.40. The summed E-state index contributed by atoms with van der Waals surface area (Å²) in [5.74, 6) is 2.14. The van der Waals surface area contributed by atoms with Crippen LogP contribution >= 0.6 is 0 Å². The number of hydrogen-bond donors (Lipinski definition) is 0. The molecule has 1 heterocycles. The van der Waals surface area contributed by atoms with Crippen molar-refractivity contribution < 1.29 is 9.53 Å². The highest BCUT2D eigenvalue weighted by Gasteiger charge is 2.63. The Bertz CT molecular complexity index is 747. The summed E-state index contributed by atoms with van der Waals surface area (Å²) in [7, 11) is 1.70. The first kappa shape index (κ1) is 18.3. The maximum Gasteiger partial charge on any atom is 0.228 e. The molecule has 4 bridgehead atoms. The van der Waals surface area contributed by atoms with Crippen LogP contribution < -0.4 is 9.64 Å². The molecule has 0 aromatic heterocycles. The molecule has 4 aliphatic carbocycles. The second-order valence-corrected chi connectivity index (χ2v) is 10.9. The van der Waals surface area contributed by atoms with Crippen molar-refractivity contribution in [3.63, 3.8) is 0 Å². The Morgan fingerprint density at radius 3 is 2.07 bits per heavy atom. The molecule has 5 aliphatic rings. The first-order valence-electron chi connectivity index (χ1n) is 11.0. The zero-order valence-corrected chi connectivity index (χ0v) is 17.7. The van der Waals surface area contributed by atoms with Gasteiger partial charge in [0, 0.05) is 31.9 Å². The molecule has 1 amide bonds. The van der Waals surface area contributed by atoms with Crippen LogP contribution in [0.1, 0.15) is 52.4 Å². The molecule has 5 fully saturated rings. The summed E-state index contributed by atoms with van der Waals surface area (Å²) in [6, 6.07) is 8.28. The summed E-state index contributed by atoms with van der Waals surface area (Å²) < 4.78 is 5.27. The van der Waals surface area contributed by atoms with Crippen molar-refractivity contribution in [1.82, 2.24) is 4.90 Å². The summed E-state index contributed by atoms with van der Waals surface area (Å²) in [5.41, 5.74) is 1.96. The highest BCUT2D eigenvalue weighted by molar-refractivity contribution is 5.84. The van der Waals surface area contributed by atoms with Gasteiger partial charge in [0.2, 0.25) is 5.91 Å². The van der Waals surface area contributed by atoms with Crippen molar-refractivity contribution in [3.8, 4) is 5.75 Å². The van der Waals surface area contributed by atoms with Crippen molar-refractivity contribution in [2.24, 2.45) is 22.2 Å². The summed E-state index contributed by atoms with van der Waals surface area (Å²) in [4.78, 5) is 18.3. The summed E-state index contributed by atoms with van der Waals surface area (Å²) in [5, 5.41) is 0. The van der Waals surface area contributed by atoms with Gasteiger partial charge < -0.3 is 14.5 Å². The van der Waals surface area contributed by atoms with E-state index in [4.69, 9.17) is 4.74 Å². The van der Waals surface area contributed by atoms with Crippen LogP contribution in [0.15, 0.2) is 24.3 Å². The lowest BCUT2D eigenvalue weighted by molar-refractivity contribution is -0.179. The maximum absolute atomic E-state index is 13.8.